The van der Waals surface area contributed by atoms with Crippen molar-refractivity contribution in [2.75, 3.05) is 18.5 Å². The molecular weight excluding hydrogens is 365 g/mol. The number of anilines is 1. The molecule has 1 aliphatic rings. The van der Waals surface area contributed by atoms with Crippen LogP contribution in [0.1, 0.15) is 11.1 Å². The molecule has 2 aromatic carbocycles. The molecule has 20 heavy (non-hydrogen) atoms. The number of aryl methyl sites for hydroxylation is 1. The van der Waals surface area contributed by atoms with E-state index in [2.05, 4.69) is 59.1 Å². The molecule has 0 bridgehead atoms. The van der Waals surface area contributed by atoms with Gasteiger partial charge in [0.05, 0.1) is 0 Å². The van der Waals surface area contributed by atoms with Crippen LogP contribution in [0.25, 0.3) is 0 Å². The highest BCUT2D eigenvalue weighted by atomic mass is 127. The summed E-state index contributed by atoms with van der Waals surface area (Å²) in [6.45, 7) is 4.09. The smallest absolute Gasteiger partial charge is 0.166 e. The van der Waals surface area contributed by atoms with Gasteiger partial charge >= 0.3 is 0 Å². The minimum absolute atomic E-state index is 0.618. The van der Waals surface area contributed by atoms with Crippen molar-refractivity contribution in [3.63, 3.8) is 0 Å². The van der Waals surface area contributed by atoms with Crippen LogP contribution in [0.5, 0.6) is 11.5 Å². The van der Waals surface area contributed by atoms with Gasteiger partial charge in [-0.1, -0.05) is 12.1 Å². The van der Waals surface area contributed by atoms with E-state index < -0.39 is 0 Å². The van der Waals surface area contributed by atoms with E-state index in [0.29, 0.717) is 13.2 Å². The number of nitrogens with one attached hydrogen (secondary N) is 1. The number of hydrogen-bond acceptors (Lipinski definition) is 3. The van der Waals surface area contributed by atoms with Crippen LogP contribution in [0.2, 0.25) is 0 Å². The Kier molecular flexibility index (Phi) is 4.00. The van der Waals surface area contributed by atoms with Crippen LogP contribution in [-0.2, 0) is 6.54 Å². The standard InChI is InChI=1S/C16H16INO2/c1-11-9-13(17)5-6-14(11)18-10-12-3-2-4-15-16(12)20-8-7-19-15/h2-6,9,18H,7-8,10H2,1H3. The SMILES string of the molecule is Cc1cc(I)ccc1NCc1cccc2c1OCCO2. The summed E-state index contributed by atoms with van der Waals surface area (Å²) in [5.41, 5.74) is 3.53. The molecule has 0 fully saturated rings. The van der Waals surface area contributed by atoms with E-state index in [-0.39, 0.29) is 0 Å². The minimum Gasteiger partial charge on any atom is -0.486 e. The van der Waals surface area contributed by atoms with E-state index in [4.69, 9.17) is 9.47 Å². The molecule has 1 N–H and O–H groups in total. The van der Waals surface area contributed by atoms with Crippen molar-refractivity contribution in [3.05, 3.63) is 51.1 Å². The lowest BCUT2D eigenvalue weighted by molar-refractivity contribution is 0.170. The highest BCUT2D eigenvalue weighted by Gasteiger charge is 2.15. The third-order valence-electron chi connectivity index (χ3n) is 3.31. The molecule has 104 valence electrons. The second-order valence-corrected chi connectivity index (χ2v) is 6.00. The molecule has 3 rings (SSSR count). The molecule has 3 nitrogen and oxygen atoms in total. The van der Waals surface area contributed by atoms with Gasteiger partial charge in [0.2, 0.25) is 0 Å². The van der Waals surface area contributed by atoms with Crippen LogP contribution in [0.4, 0.5) is 5.69 Å². The zero-order valence-electron chi connectivity index (χ0n) is 11.3. The van der Waals surface area contributed by atoms with Crippen LogP contribution in [-0.4, -0.2) is 13.2 Å². The van der Waals surface area contributed by atoms with Crippen molar-refractivity contribution in [1.29, 1.82) is 0 Å². The fraction of sp³-hybridized carbons (Fsp3) is 0.250. The third kappa shape index (κ3) is 2.85. The number of fused-ring (bicyclic) bond motifs is 1. The molecule has 1 heterocycles. The highest BCUT2D eigenvalue weighted by molar-refractivity contribution is 14.1. The quantitative estimate of drug-likeness (QED) is 0.816. The summed E-state index contributed by atoms with van der Waals surface area (Å²) in [5.74, 6) is 1.71. The fourth-order valence-corrected chi connectivity index (χ4v) is 2.94. The molecule has 0 spiro atoms. The Bertz CT molecular complexity index is 628. The van der Waals surface area contributed by atoms with E-state index in [1.165, 1.54) is 9.13 Å². The van der Waals surface area contributed by atoms with Crippen molar-refractivity contribution in [2.24, 2.45) is 0 Å². The van der Waals surface area contributed by atoms with Gasteiger partial charge in [-0.2, -0.15) is 0 Å². The number of benzene rings is 2. The number of ether oxygens (including phenoxy) is 2. The van der Waals surface area contributed by atoms with Crippen LogP contribution in [0.3, 0.4) is 0 Å². The van der Waals surface area contributed by atoms with Crippen molar-refractivity contribution in [1.82, 2.24) is 0 Å². The normalized spacial score (nSPS) is 13.1. The first-order valence-electron chi connectivity index (χ1n) is 6.61. The predicted octanol–water partition coefficient (Wildman–Crippen LogP) is 3.98. The monoisotopic (exact) mass is 381 g/mol. The van der Waals surface area contributed by atoms with Gasteiger partial charge in [-0.05, 0) is 59.3 Å². The molecule has 0 atom stereocenters. The number of halogens is 1. The molecular formula is C16H16INO2. The lowest BCUT2D eigenvalue weighted by Gasteiger charge is -2.21. The van der Waals surface area contributed by atoms with Gasteiger partial charge < -0.3 is 14.8 Å². The Morgan fingerprint density at radius 1 is 1.15 bits per heavy atom. The molecule has 0 saturated carbocycles. The number of hydrogen-bond donors (Lipinski definition) is 1. The van der Waals surface area contributed by atoms with Gasteiger partial charge in [-0.3, -0.25) is 0 Å². The van der Waals surface area contributed by atoms with Gasteiger partial charge in [-0.25, -0.2) is 0 Å². The predicted molar refractivity (Wildman–Crippen MR) is 88.7 cm³/mol. The molecule has 0 radical (unpaired) electrons. The Balaban J connectivity index is 1.78. The van der Waals surface area contributed by atoms with E-state index >= 15 is 0 Å². The first kappa shape index (κ1) is 13.5. The number of rotatable bonds is 3. The van der Waals surface area contributed by atoms with Gasteiger partial charge in [0, 0.05) is 21.4 Å². The Labute approximate surface area is 132 Å². The second-order valence-electron chi connectivity index (χ2n) is 4.75. The van der Waals surface area contributed by atoms with Gasteiger partial charge in [0.1, 0.15) is 13.2 Å². The second kappa shape index (κ2) is 5.91. The average molecular weight is 381 g/mol. The Morgan fingerprint density at radius 3 is 2.85 bits per heavy atom. The summed E-state index contributed by atoms with van der Waals surface area (Å²) in [6.07, 6.45) is 0. The fourth-order valence-electron chi connectivity index (χ4n) is 2.29. The first-order chi connectivity index (χ1) is 9.74. The maximum atomic E-state index is 5.73. The maximum absolute atomic E-state index is 5.73. The van der Waals surface area contributed by atoms with Crippen molar-refractivity contribution in [3.8, 4) is 11.5 Å². The number of para-hydroxylation sites is 1. The summed E-state index contributed by atoms with van der Waals surface area (Å²) in [6, 6.07) is 12.4. The van der Waals surface area contributed by atoms with E-state index in [0.717, 1.165) is 29.3 Å². The minimum atomic E-state index is 0.618. The highest BCUT2D eigenvalue weighted by Crippen LogP contribution is 2.34. The summed E-state index contributed by atoms with van der Waals surface area (Å²) in [7, 11) is 0. The van der Waals surface area contributed by atoms with Crippen molar-refractivity contribution >= 4 is 28.3 Å². The molecule has 0 unspecified atom stereocenters. The van der Waals surface area contributed by atoms with Crippen molar-refractivity contribution < 1.29 is 9.47 Å². The topological polar surface area (TPSA) is 30.5 Å². The van der Waals surface area contributed by atoms with Gasteiger partial charge in [0.15, 0.2) is 11.5 Å². The average Bonchev–Trinajstić information content (AvgIpc) is 2.46. The summed E-state index contributed by atoms with van der Waals surface area (Å²) >= 11 is 2.33. The molecule has 2 aromatic rings. The lowest BCUT2D eigenvalue weighted by atomic mass is 10.1. The van der Waals surface area contributed by atoms with Crippen LogP contribution < -0.4 is 14.8 Å². The van der Waals surface area contributed by atoms with Crippen molar-refractivity contribution in [2.45, 2.75) is 13.5 Å². The Hall–Kier alpha value is -1.43. The summed E-state index contributed by atoms with van der Waals surface area (Å²) in [4.78, 5) is 0. The zero-order chi connectivity index (χ0) is 13.9. The molecule has 0 aliphatic carbocycles. The largest absolute Gasteiger partial charge is 0.486 e. The van der Waals surface area contributed by atoms with E-state index in [9.17, 15) is 0 Å². The van der Waals surface area contributed by atoms with Crippen LogP contribution >= 0.6 is 22.6 Å². The van der Waals surface area contributed by atoms with E-state index in [1.54, 1.807) is 0 Å². The lowest BCUT2D eigenvalue weighted by Crippen LogP contribution is -2.17. The van der Waals surface area contributed by atoms with Gasteiger partial charge in [-0.15, -0.1) is 0 Å². The third-order valence-corrected chi connectivity index (χ3v) is 3.98. The summed E-state index contributed by atoms with van der Waals surface area (Å²) < 4.78 is 12.6. The molecule has 4 heteroatoms. The molecule has 0 aromatic heterocycles. The first-order valence-corrected chi connectivity index (χ1v) is 7.69. The van der Waals surface area contributed by atoms with E-state index in [1.807, 2.05) is 12.1 Å². The zero-order valence-corrected chi connectivity index (χ0v) is 13.4. The Morgan fingerprint density at radius 2 is 2.00 bits per heavy atom. The molecule has 1 aliphatic heterocycles. The van der Waals surface area contributed by atoms with Crippen LogP contribution in [0, 0.1) is 10.5 Å². The van der Waals surface area contributed by atoms with Crippen LogP contribution in [0.15, 0.2) is 36.4 Å². The maximum Gasteiger partial charge on any atom is 0.166 e. The molecule has 0 saturated heterocycles. The molecule has 0 amide bonds. The summed E-state index contributed by atoms with van der Waals surface area (Å²) in [5, 5.41) is 3.47. The van der Waals surface area contributed by atoms with Gasteiger partial charge in [0.25, 0.3) is 0 Å².